The van der Waals surface area contributed by atoms with E-state index in [9.17, 15) is 4.79 Å². The fourth-order valence-electron chi connectivity index (χ4n) is 3.82. The van der Waals surface area contributed by atoms with Gasteiger partial charge in [-0.25, -0.2) is 14.5 Å². The predicted molar refractivity (Wildman–Crippen MR) is 110 cm³/mol. The van der Waals surface area contributed by atoms with E-state index in [4.69, 9.17) is 4.98 Å². The monoisotopic (exact) mass is 441 g/mol. The van der Waals surface area contributed by atoms with Gasteiger partial charge < -0.3 is 4.90 Å². The molecule has 1 aromatic carbocycles. The van der Waals surface area contributed by atoms with Crippen molar-refractivity contribution in [2.24, 2.45) is 0 Å². The molecule has 27 heavy (non-hydrogen) atoms. The van der Waals surface area contributed by atoms with E-state index in [0.29, 0.717) is 11.3 Å². The van der Waals surface area contributed by atoms with Crippen LogP contribution in [0, 0.1) is 6.92 Å². The van der Waals surface area contributed by atoms with Crippen molar-refractivity contribution >= 4 is 54.6 Å². The number of nitrogens with zero attached hydrogens (tertiary/aromatic N) is 5. The summed E-state index contributed by atoms with van der Waals surface area (Å²) in [7, 11) is 1.98. The van der Waals surface area contributed by atoms with Gasteiger partial charge >= 0.3 is 0 Å². The standard InChI is InChI=1S/C19H16BrN5OS/c1-10-22-18-12-3-4-15(24(2)14(12)5-6-16(18)27-10)19(26)13-7-17-21-8-11(20)9-25(17)23-13/h5-9,15H,3-4H2,1-2H3. The number of benzene rings is 1. The fraction of sp³-hybridized carbons (Fsp3) is 0.263. The second-order valence-electron chi connectivity index (χ2n) is 6.78. The van der Waals surface area contributed by atoms with Crippen LogP contribution in [-0.4, -0.2) is 38.5 Å². The molecule has 4 aromatic rings. The van der Waals surface area contributed by atoms with Crippen molar-refractivity contribution in [3.63, 3.8) is 0 Å². The van der Waals surface area contributed by atoms with Crippen LogP contribution in [0.4, 0.5) is 5.69 Å². The first-order valence-electron chi connectivity index (χ1n) is 8.68. The van der Waals surface area contributed by atoms with Crippen molar-refractivity contribution in [1.29, 1.82) is 0 Å². The van der Waals surface area contributed by atoms with E-state index < -0.39 is 0 Å². The molecule has 0 radical (unpaired) electrons. The number of carbonyl (C=O) groups is 1. The Morgan fingerprint density at radius 2 is 2.22 bits per heavy atom. The zero-order valence-corrected chi connectivity index (χ0v) is 17.2. The van der Waals surface area contributed by atoms with Crippen molar-refractivity contribution in [3.05, 3.63) is 51.3 Å². The Balaban J connectivity index is 1.52. The summed E-state index contributed by atoms with van der Waals surface area (Å²) < 4.78 is 3.67. The molecule has 5 rings (SSSR count). The summed E-state index contributed by atoms with van der Waals surface area (Å²) in [5.41, 5.74) is 4.52. The van der Waals surface area contributed by atoms with Crippen molar-refractivity contribution in [3.8, 4) is 0 Å². The first kappa shape index (κ1) is 16.8. The molecule has 0 aliphatic carbocycles. The maximum absolute atomic E-state index is 13.2. The molecule has 0 saturated heterocycles. The second kappa shape index (κ2) is 6.10. The molecule has 6 nitrogen and oxygen atoms in total. The van der Waals surface area contributed by atoms with E-state index in [0.717, 1.165) is 33.5 Å². The van der Waals surface area contributed by atoms with Gasteiger partial charge in [-0.1, -0.05) is 0 Å². The third-order valence-electron chi connectivity index (χ3n) is 5.10. The van der Waals surface area contributed by atoms with Gasteiger partial charge in [0.15, 0.2) is 5.65 Å². The smallest absolute Gasteiger partial charge is 0.205 e. The van der Waals surface area contributed by atoms with Crippen LogP contribution in [0.1, 0.15) is 27.5 Å². The van der Waals surface area contributed by atoms with Gasteiger partial charge in [-0.15, -0.1) is 11.3 Å². The minimum atomic E-state index is -0.233. The number of hydrogen-bond donors (Lipinski definition) is 0. The van der Waals surface area contributed by atoms with Gasteiger partial charge in [0.25, 0.3) is 0 Å². The van der Waals surface area contributed by atoms with Gasteiger partial charge in [0.2, 0.25) is 5.78 Å². The topological polar surface area (TPSA) is 63.4 Å². The Kier molecular flexibility index (Phi) is 3.80. The minimum Gasteiger partial charge on any atom is -0.364 e. The number of aromatic nitrogens is 4. The first-order chi connectivity index (χ1) is 13.0. The number of anilines is 1. The maximum Gasteiger partial charge on any atom is 0.205 e. The molecular weight excluding hydrogens is 426 g/mol. The molecule has 3 aromatic heterocycles. The fourth-order valence-corrected chi connectivity index (χ4v) is 4.97. The molecule has 0 bridgehead atoms. The highest BCUT2D eigenvalue weighted by atomic mass is 79.9. The van der Waals surface area contributed by atoms with Crippen LogP contribution >= 0.6 is 27.3 Å². The number of fused-ring (bicyclic) bond motifs is 4. The summed E-state index contributed by atoms with van der Waals surface area (Å²) in [5, 5.41) is 5.50. The lowest BCUT2D eigenvalue weighted by atomic mass is 9.92. The van der Waals surface area contributed by atoms with Crippen LogP contribution in [0.25, 0.3) is 15.9 Å². The summed E-state index contributed by atoms with van der Waals surface area (Å²) in [4.78, 5) is 24.2. The molecule has 8 heteroatoms. The third-order valence-corrected chi connectivity index (χ3v) is 6.45. The normalized spacial score (nSPS) is 16.9. The molecule has 136 valence electrons. The first-order valence-corrected chi connectivity index (χ1v) is 10.3. The molecule has 0 fully saturated rings. The number of Topliss-reactive ketones (excluding diaryl/α,β-unsaturated/α-hetero) is 1. The SMILES string of the molecule is Cc1nc2c3c(ccc2s1)N(C)C(C(=O)c1cc2ncc(Br)cn2n1)CC3. The van der Waals surface area contributed by atoms with Crippen molar-refractivity contribution in [1.82, 2.24) is 19.6 Å². The van der Waals surface area contributed by atoms with E-state index in [2.05, 4.69) is 43.0 Å². The number of carbonyl (C=O) groups excluding carboxylic acids is 1. The number of likely N-dealkylation sites (N-methyl/N-ethyl adjacent to an activating group) is 1. The summed E-state index contributed by atoms with van der Waals surface area (Å²) in [5.74, 6) is 0.0272. The number of thiazole rings is 1. The van der Waals surface area contributed by atoms with Gasteiger partial charge in [0.1, 0.15) is 5.69 Å². The molecule has 0 saturated carbocycles. The molecule has 1 unspecified atom stereocenters. The summed E-state index contributed by atoms with van der Waals surface area (Å²) >= 11 is 5.10. The average Bonchev–Trinajstić information content (AvgIpc) is 3.23. The number of halogens is 1. The summed E-state index contributed by atoms with van der Waals surface area (Å²) in [6.07, 6.45) is 5.10. The highest BCUT2D eigenvalue weighted by Crippen LogP contribution is 2.37. The van der Waals surface area contributed by atoms with Crippen LogP contribution in [0.5, 0.6) is 0 Å². The van der Waals surface area contributed by atoms with Crippen LogP contribution < -0.4 is 4.90 Å². The highest BCUT2D eigenvalue weighted by molar-refractivity contribution is 9.10. The molecule has 1 aliphatic rings. The zero-order valence-electron chi connectivity index (χ0n) is 14.8. The van der Waals surface area contributed by atoms with Crippen LogP contribution in [0.15, 0.2) is 35.1 Å². The van der Waals surface area contributed by atoms with E-state index in [1.54, 1.807) is 34.3 Å². The number of aryl methyl sites for hydroxylation is 2. The largest absolute Gasteiger partial charge is 0.364 e. The summed E-state index contributed by atoms with van der Waals surface area (Å²) in [6, 6.07) is 5.74. The lowest BCUT2D eigenvalue weighted by Gasteiger charge is -2.34. The van der Waals surface area contributed by atoms with Crippen LogP contribution in [-0.2, 0) is 6.42 Å². The van der Waals surface area contributed by atoms with Gasteiger partial charge in [-0.3, -0.25) is 4.79 Å². The molecular formula is C19H16BrN5OS. The van der Waals surface area contributed by atoms with Crippen LogP contribution in [0.3, 0.4) is 0 Å². The Bertz CT molecular complexity index is 1210. The Labute approximate surface area is 168 Å². The molecule has 0 amide bonds. The van der Waals surface area contributed by atoms with Gasteiger partial charge in [-0.2, -0.15) is 5.10 Å². The number of ketones is 1. The van der Waals surface area contributed by atoms with E-state index in [1.165, 1.54) is 10.3 Å². The Morgan fingerprint density at radius 1 is 1.37 bits per heavy atom. The summed E-state index contributed by atoms with van der Waals surface area (Å²) in [6.45, 7) is 2.03. The quantitative estimate of drug-likeness (QED) is 0.439. The van der Waals surface area contributed by atoms with Gasteiger partial charge in [0.05, 0.1) is 25.7 Å². The Morgan fingerprint density at radius 3 is 3.07 bits per heavy atom. The van der Waals surface area contributed by atoms with Crippen LogP contribution in [0.2, 0.25) is 0 Å². The highest BCUT2D eigenvalue weighted by Gasteiger charge is 2.32. The van der Waals surface area contributed by atoms with E-state index in [1.807, 2.05) is 14.0 Å². The second-order valence-corrected chi connectivity index (χ2v) is 8.93. The average molecular weight is 442 g/mol. The lowest BCUT2D eigenvalue weighted by molar-refractivity contribution is 0.0948. The molecule has 1 atom stereocenters. The number of rotatable bonds is 2. The number of hydrogen-bond acceptors (Lipinski definition) is 6. The van der Waals surface area contributed by atoms with Crippen molar-refractivity contribution < 1.29 is 4.79 Å². The third kappa shape index (κ3) is 2.66. The Hall–Kier alpha value is -2.32. The van der Waals surface area contributed by atoms with Crippen molar-refractivity contribution in [2.75, 3.05) is 11.9 Å². The zero-order chi connectivity index (χ0) is 18.7. The molecule has 0 spiro atoms. The minimum absolute atomic E-state index is 0.0272. The van der Waals surface area contributed by atoms with Crippen molar-refractivity contribution in [2.45, 2.75) is 25.8 Å². The predicted octanol–water partition coefficient (Wildman–Crippen LogP) is 4.04. The maximum atomic E-state index is 13.2. The van der Waals surface area contributed by atoms with Gasteiger partial charge in [0, 0.05) is 36.8 Å². The molecule has 1 aliphatic heterocycles. The molecule has 0 N–H and O–H groups in total. The molecule has 4 heterocycles. The van der Waals surface area contributed by atoms with E-state index >= 15 is 0 Å². The van der Waals surface area contributed by atoms with Gasteiger partial charge in [-0.05, 0) is 47.8 Å². The lowest BCUT2D eigenvalue weighted by Crippen LogP contribution is -2.42. The van der Waals surface area contributed by atoms with E-state index in [-0.39, 0.29) is 11.8 Å².